The van der Waals surface area contributed by atoms with Gasteiger partial charge < -0.3 is 16.0 Å². The molecule has 0 bridgehead atoms. The number of urea groups is 1. The minimum atomic E-state index is -0.252. The minimum Gasteiger partial charge on any atom is -0.356 e. The molecule has 22 heavy (non-hydrogen) atoms. The molecule has 1 rings (SSSR count). The van der Waals surface area contributed by atoms with Crippen LogP contribution in [0, 0.1) is 17.8 Å². The number of benzene rings is 1. The fourth-order valence-electron chi connectivity index (χ4n) is 1.56. The van der Waals surface area contributed by atoms with Crippen molar-refractivity contribution in [3.8, 4) is 11.8 Å². The molecule has 0 fully saturated rings. The molecule has 0 aliphatic carbocycles. The topological polar surface area (TPSA) is 70.2 Å². The Labute approximate surface area is 131 Å². The van der Waals surface area contributed by atoms with Gasteiger partial charge in [0.2, 0.25) is 5.91 Å². The molecule has 0 saturated heterocycles. The van der Waals surface area contributed by atoms with Gasteiger partial charge in [0.25, 0.3) is 0 Å². The average Bonchev–Trinajstić information content (AvgIpc) is 2.52. The predicted octanol–water partition coefficient (Wildman–Crippen LogP) is 1.50. The van der Waals surface area contributed by atoms with E-state index in [9.17, 15) is 9.59 Å². The molecule has 118 valence electrons. The lowest BCUT2D eigenvalue weighted by molar-refractivity contribution is -0.123. The Morgan fingerprint density at radius 2 is 1.73 bits per heavy atom. The van der Waals surface area contributed by atoms with Crippen molar-refractivity contribution in [2.24, 2.45) is 5.92 Å². The van der Waals surface area contributed by atoms with Gasteiger partial charge in [0, 0.05) is 24.6 Å². The van der Waals surface area contributed by atoms with E-state index in [1.165, 1.54) is 0 Å². The first-order valence-corrected chi connectivity index (χ1v) is 7.43. The highest BCUT2D eigenvalue weighted by molar-refractivity contribution is 5.77. The quantitative estimate of drug-likeness (QED) is 0.550. The van der Waals surface area contributed by atoms with E-state index in [0.717, 1.165) is 5.56 Å². The van der Waals surface area contributed by atoms with Crippen LogP contribution in [-0.2, 0) is 4.79 Å². The molecule has 0 unspecified atom stereocenters. The Kier molecular flexibility index (Phi) is 8.21. The van der Waals surface area contributed by atoms with Crippen LogP contribution in [-0.4, -0.2) is 31.6 Å². The van der Waals surface area contributed by atoms with Gasteiger partial charge in [0.15, 0.2) is 0 Å². The summed E-state index contributed by atoms with van der Waals surface area (Å²) in [6, 6.07) is 9.35. The van der Waals surface area contributed by atoms with E-state index in [4.69, 9.17) is 0 Å². The van der Waals surface area contributed by atoms with E-state index in [0.29, 0.717) is 26.1 Å². The third-order valence-electron chi connectivity index (χ3n) is 2.81. The summed E-state index contributed by atoms with van der Waals surface area (Å²) in [5, 5.41) is 8.17. The van der Waals surface area contributed by atoms with Gasteiger partial charge in [-0.05, 0) is 18.6 Å². The molecule has 1 aromatic carbocycles. The van der Waals surface area contributed by atoms with Crippen LogP contribution in [0.3, 0.4) is 0 Å². The van der Waals surface area contributed by atoms with Gasteiger partial charge in [-0.25, -0.2) is 4.79 Å². The largest absolute Gasteiger partial charge is 0.356 e. The molecule has 3 N–H and O–H groups in total. The zero-order chi connectivity index (χ0) is 16.2. The summed E-state index contributed by atoms with van der Waals surface area (Å²) in [5.41, 5.74) is 0.922. The number of carbonyl (C=O) groups excluding carboxylic acids is 2. The van der Waals surface area contributed by atoms with E-state index in [2.05, 4.69) is 27.8 Å². The standard InChI is InChI=1S/C17H23N3O2/c1-14(2)16(21)18-12-7-13-20-17(22)19-11-6-10-15-8-4-3-5-9-15/h3-5,8-9,14H,7,11-13H2,1-2H3,(H,18,21)(H2,19,20,22). The van der Waals surface area contributed by atoms with Crippen LogP contribution in [0.25, 0.3) is 0 Å². The highest BCUT2D eigenvalue weighted by atomic mass is 16.2. The first-order valence-electron chi connectivity index (χ1n) is 7.43. The van der Waals surface area contributed by atoms with Crippen LogP contribution >= 0.6 is 0 Å². The zero-order valence-corrected chi connectivity index (χ0v) is 13.1. The molecule has 3 amide bonds. The second-order valence-corrected chi connectivity index (χ2v) is 5.08. The van der Waals surface area contributed by atoms with Crippen molar-refractivity contribution in [2.45, 2.75) is 20.3 Å². The maximum absolute atomic E-state index is 11.5. The number of carbonyl (C=O) groups is 2. The van der Waals surface area contributed by atoms with Crippen molar-refractivity contribution in [3.63, 3.8) is 0 Å². The molecule has 0 aliphatic rings. The fourth-order valence-corrected chi connectivity index (χ4v) is 1.56. The smallest absolute Gasteiger partial charge is 0.315 e. The Morgan fingerprint density at radius 1 is 1.05 bits per heavy atom. The monoisotopic (exact) mass is 301 g/mol. The second-order valence-electron chi connectivity index (χ2n) is 5.08. The molecular formula is C17H23N3O2. The molecule has 0 aliphatic heterocycles. The maximum Gasteiger partial charge on any atom is 0.315 e. The van der Waals surface area contributed by atoms with Gasteiger partial charge >= 0.3 is 6.03 Å². The van der Waals surface area contributed by atoms with Crippen molar-refractivity contribution >= 4 is 11.9 Å². The third-order valence-corrected chi connectivity index (χ3v) is 2.81. The summed E-state index contributed by atoms with van der Waals surface area (Å²) < 4.78 is 0. The molecule has 5 nitrogen and oxygen atoms in total. The summed E-state index contributed by atoms with van der Waals surface area (Å²) in [4.78, 5) is 22.8. The van der Waals surface area contributed by atoms with Crippen molar-refractivity contribution in [1.29, 1.82) is 0 Å². The Balaban J connectivity index is 2.07. The summed E-state index contributed by atoms with van der Waals surface area (Å²) >= 11 is 0. The molecular weight excluding hydrogens is 278 g/mol. The van der Waals surface area contributed by atoms with Crippen LogP contribution in [0.5, 0.6) is 0 Å². The van der Waals surface area contributed by atoms with Gasteiger partial charge in [-0.1, -0.05) is 43.9 Å². The molecule has 0 aromatic heterocycles. The number of hydrogen-bond donors (Lipinski definition) is 3. The van der Waals surface area contributed by atoms with E-state index >= 15 is 0 Å². The fraction of sp³-hybridized carbons (Fsp3) is 0.412. The van der Waals surface area contributed by atoms with Gasteiger partial charge in [0.1, 0.15) is 0 Å². The van der Waals surface area contributed by atoms with Crippen LogP contribution in [0.15, 0.2) is 30.3 Å². The van der Waals surface area contributed by atoms with Crippen molar-refractivity contribution < 1.29 is 9.59 Å². The minimum absolute atomic E-state index is 0.0144. The lowest BCUT2D eigenvalue weighted by Gasteiger charge is -2.08. The maximum atomic E-state index is 11.5. The van der Waals surface area contributed by atoms with E-state index in [1.807, 2.05) is 44.2 Å². The second kappa shape index (κ2) is 10.3. The van der Waals surface area contributed by atoms with E-state index < -0.39 is 0 Å². The van der Waals surface area contributed by atoms with Crippen LogP contribution < -0.4 is 16.0 Å². The molecule has 0 radical (unpaired) electrons. The SMILES string of the molecule is CC(C)C(=O)NCCCNC(=O)NCC#Cc1ccccc1. The van der Waals surface area contributed by atoms with E-state index in [1.54, 1.807) is 0 Å². The van der Waals surface area contributed by atoms with Crippen LogP contribution in [0.4, 0.5) is 4.79 Å². The molecule has 0 heterocycles. The van der Waals surface area contributed by atoms with Crippen molar-refractivity contribution in [1.82, 2.24) is 16.0 Å². The summed E-state index contributed by atoms with van der Waals surface area (Å²) in [7, 11) is 0. The first kappa shape index (κ1) is 17.6. The van der Waals surface area contributed by atoms with Crippen molar-refractivity contribution in [2.75, 3.05) is 19.6 Å². The number of nitrogens with one attached hydrogen (secondary N) is 3. The normalized spacial score (nSPS) is 9.59. The molecule has 5 heteroatoms. The summed E-state index contributed by atoms with van der Waals surface area (Å²) in [5.74, 6) is 5.86. The Bertz CT molecular complexity index is 530. The Morgan fingerprint density at radius 3 is 2.41 bits per heavy atom. The predicted molar refractivity (Wildman–Crippen MR) is 87.2 cm³/mol. The molecule has 0 spiro atoms. The van der Waals surface area contributed by atoms with Gasteiger partial charge in [-0.15, -0.1) is 0 Å². The van der Waals surface area contributed by atoms with Gasteiger partial charge in [-0.3, -0.25) is 4.79 Å². The molecule has 0 atom stereocenters. The first-order chi connectivity index (χ1) is 10.6. The van der Waals surface area contributed by atoms with Crippen molar-refractivity contribution in [3.05, 3.63) is 35.9 Å². The highest BCUT2D eigenvalue weighted by Crippen LogP contribution is 1.94. The number of amides is 3. The summed E-state index contributed by atoms with van der Waals surface area (Å²) in [6.45, 7) is 5.06. The average molecular weight is 301 g/mol. The summed E-state index contributed by atoms with van der Waals surface area (Å²) in [6.07, 6.45) is 0.696. The Hall–Kier alpha value is -2.48. The van der Waals surface area contributed by atoms with Crippen LogP contribution in [0.1, 0.15) is 25.8 Å². The lowest BCUT2D eigenvalue weighted by Crippen LogP contribution is -2.37. The zero-order valence-electron chi connectivity index (χ0n) is 13.1. The van der Waals surface area contributed by atoms with Gasteiger partial charge in [0.05, 0.1) is 6.54 Å². The lowest BCUT2D eigenvalue weighted by atomic mass is 10.2. The molecule has 1 aromatic rings. The third kappa shape index (κ3) is 7.95. The highest BCUT2D eigenvalue weighted by Gasteiger charge is 2.04. The van der Waals surface area contributed by atoms with Gasteiger partial charge in [-0.2, -0.15) is 0 Å². The van der Waals surface area contributed by atoms with E-state index in [-0.39, 0.29) is 17.9 Å². The molecule has 0 saturated carbocycles. The number of rotatable bonds is 6. The van der Waals surface area contributed by atoms with Crippen LogP contribution in [0.2, 0.25) is 0 Å². The number of hydrogen-bond acceptors (Lipinski definition) is 2.